The van der Waals surface area contributed by atoms with Crippen LogP contribution in [0.2, 0.25) is 0 Å². The summed E-state index contributed by atoms with van der Waals surface area (Å²) < 4.78 is 16.0. The van der Waals surface area contributed by atoms with Gasteiger partial charge in [0.25, 0.3) is 0 Å². The fourth-order valence-corrected chi connectivity index (χ4v) is 3.24. The zero-order chi connectivity index (χ0) is 19.6. The molecule has 3 aromatic rings. The average molecular weight is 368 g/mol. The lowest BCUT2D eigenvalue weighted by Crippen LogP contribution is -2.15. The predicted octanol–water partition coefficient (Wildman–Crippen LogP) is 3.99. The summed E-state index contributed by atoms with van der Waals surface area (Å²) in [6.45, 7) is 4.03. The van der Waals surface area contributed by atoms with Gasteiger partial charge in [0.15, 0.2) is 11.5 Å². The first kappa shape index (κ1) is 18.6. The molecular formula is C21H24N2O4. The van der Waals surface area contributed by atoms with Crippen molar-refractivity contribution < 1.29 is 19.0 Å². The Labute approximate surface area is 158 Å². The number of aromatic nitrogens is 1. The summed E-state index contributed by atoms with van der Waals surface area (Å²) in [5, 5.41) is 4.00. The molecule has 2 N–H and O–H groups in total. The van der Waals surface area contributed by atoms with Crippen molar-refractivity contribution in [1.82, 2.24) is 4.98 Å². The SMILES string of the molecule is COc1cc(NC(=O)Cc2c(C)[nH]c3ccc(C)cc23)cc(OC)c1OC. The topological polar surface area (TPSA) is 72.6 Å². The predicted molar refractivity (Wildman–Crippen MR) is 106 cm³/mol. The third kappa shape index (κ3) is 3.69. The highest BCUT2D eigenvalue weighted by Gasteiger charge is 2.16. The number of carbonyl (C=O) groups is 1. The number of benzene rings is 2. The van der Waals surface area contributed by atoms with Crippen LogP contribution in [0.1, 0.15) is 16.8 Å². The van der Waals surface area contributed by atoms with Crippen molar-refractivity contribution in [3.8, 4) is 17.2 Å². The number of carbonyl (C=O) groups excluding carboxylic acids is 1. The molecule has 1 aromatic heterocycles. The number of hydrogen-bond acceptors (Lipinski definition) is 4. The number of hydrogen-bond donors (Lipinski definition) is 2. The molecule has 0 spiro atoms. The van der Waals surface area contributed by atoms with Crippen molar-refractivity contribution >= 4 is 22.5 Å². The number of H-pyrrole nitrogens is 1. The zero-order valence-corrected chi connectivity index (χ0v) is 16.2. The Kier molecular flexibility index (Phi) is 5.26. The Morgan fingerprint density at radius 1 is 1.00 bits per heavy atom. The number of anilines is 1. The van der Waals surface area contributed by atoms with Crippen LogP contribution in [-0.4, -0.2) is 32.2 Å². The molecule has 0 aliphatic heterocycles. The summed E-state index contributed by atoms with van der Waals surface area (Å²) in [7, 11) is 4.63. The van der Waals surface area contributed by atoms with Crippen LogP contribution in [0.4, 0.5) is 5.69 Å². The highest BCUT2D eigenvalue weighted by atomic mass is 16.5. The van der Waals surface area contributed by atoms with Gasteiger partial charge >= 0.3 is 0 Å². The Bertz CT molecular complexity index is 966. The van der Waals surface area contributed by atoms with E-state index < -0.39 is 0 Å². The van der Waals surface area contributed by atoms with Crippen LogP contribution in [0.25, 0.3) is 10.9 Å². The van der Waals surface area contributed by atoms with E-state index in [1.54, 1.807) is 33.5 Å². The van der Waals surface area contributed by atoms with Gasteiger partial charge in [-0.05, 0) is 31.5 Å². The van der Waals surface area contributed by atoms with Crippen molar-refractivity contribution in [3.05, 3.63) is 47.2 Å². The molecule has 6 nitrogen and oxygen atoms in total. The van der Waals surface area contributed by atoms with Gasteiger partial charge in [-0.3, -0.25) is 4.79 Å². The molecule has 2 aromatic carbocycles. The lowest BCUT2D eigenvalue weighted by Gasteiger charge is -2.14. The minimum absolute atomic E-state index is 0.116. The molecule has 0 aliphatic rings. The normalized spacial score (nSPS) is 10.7. The molecule has 6 heteroatoms. The van der Waals surface area contributed by atoms with E-state index in [0.717, 1.165) is 27.7 Å². The molecule has 0 radical (unpaired) electrons. The Balaban J connectivity index is 1.87. The van der Waals surface area contributed by atoms with Crippen LogP contribution < -0.4 is 19.5 Å². The lowest BCUT2D eigenvalue weighted by molar-refractivity contribution is -0.115. The monoisotopic (exact) mass is 368 g/mol. The summed E-state index contributed by atoms with van der Waals surface area (Å²) in [5.41, 5.74) is 4.78. The third-order valence-electron chi connectivity index (χ3n) is 4.56. The second kappa shape index (κ2) is 7.61. The molecular weight excluding hydrogens is 344 g/mol. The zero-order valence-electron chi connectivity index (χ0n) is 16.2. The average Bonchev–Trinajstić information content (AvgIpc) is 2.95. The molecule has 0 saturated heterocycles. The second-order valence-electron chi connectivity index (χ2n) is 6.42. The molecule has 0 atom stereocenters. The molecule has 3 rings (SSSR count). The quantitative estimate of drug-likeness (QED) is 0.690. The van der Waals surface area contributed by atoms with Gasteiger partial charge < -0.3 is 24.5 Å². The summed E-state index contributed by atoms with van der Waals surface area (Å²) in [5.74, 6) is 1.35. The molecule has 0 saturated carbocycles. The summed E-state index contributed by atoms with van der Waals surface area (Å²) >= 11 is 0. The molecule has 0 aliphatic carbocycles. The number of nitrogens with one attached hydrogen (secondary N) is 2. The maximum Gasteiger partial charge on any atom is 0.228 e. The number of ether oxygens (including phenoxy) is 3. The van der Waals surface area contributed by atoms with Gasteiger partial charge in [0.05, 0.1) is 27.8 Å². The van der Waals surface area contributed by atoms with Crippen molar-refractivity contribution in [2.75, 3.05) is 26.6 Å². The van der Waals surface area contributed by atoms with Gasteiger partial charge in [-0.2, -0.15) is 0 Å². The highest BCUT2D eigenvalue weighted by Crippen LogP contribution is 2.40. The van der Waals surface area contributed by atoms with Crippen LogP contribution >= 0.6 is 0 Å². The smallest absolute Gasteiger partial charge is 0.228 e. The van der Waals surface area contributed by atoms with Crippen LogP contribution in [0.3, 0.4) is 0 Å². The van der Waals surface area contributed by atoms with Gasteiger partial charge in [0, 0.05) is 34.4 Å². The summed E-state index contributed by atoms with van der Waals surface area (Å²) in [4.78, 5) is 16.0. The van der Waals surface area contributed by atoms with Gasteiger partial charge in [-0.1, -0.05) is 11.6 Å². The van der Waals surface area contributed by atoms with E-state index in [-0.39, 0.29) is 12.3 Å². The first-order valence-corrected chi connectivity index (χ1v) is 8.64. The van der Waals surface area contributed by atoms with Gasteiger partial charge in [0.1, 0.15) is 0 Å². The van der Waals surface area contributed by atoms with Gasteiger partial charge in [-0.15, -0.1) is 0 Å². The fraction of sp³-hybridized carbons (Fsp3) is 0.286. The van der Waals surface area contributed by atoms with E-state index in [9.17, 15) is 4.79 Å². The fourth-order valence-electron chi connectivity index (χ4n) is 3.24. The van der Waals surface area contributed by atoms with E-state index >= 15 is 0 Å². The third-order valence-corrected chi connectivity index (χ3v) is 4.56. The summed E-state index contributed by atoms with van der Waals surface area (Å²) in [6, 6.07) is 9.62. The Morgan fingerprint density at radius 2 is 1.67 bits per heavy atom. The van der Waals surface area contributed by atoms with Crippen molar-refractivity contribution in [1.29, 1.82) is 0 Å². The maximum atomic E-state index is 12.7. The molecule has 0 fully saturated rings. The molecule has 0 bridgehead atoms. The number of aryl methyl sites for hydroxylation is 2. The standard InChI is InChI=1S/C21H24N2O4/c1-12-6-7-17-16(8-12)15(13(2)22-17)11-20(24)23-14-9-18(25-3)21(27-5)19(10-14)26-4/h6-10,22H,11H2,1-5H3,(H,23,24). The first-order valence-electron chi connectivity index (χ1n) is 8.64. The van der Waals surface area contributed by atoms with Gasteiger partial charge in [-0.25, -0.2) is 0 Å². The number of fused-ring (bicyclic) bond motifs is 1. The van der Waals surface area contributed by atoms with Crippen LogP contribution in [0.5, 0.6) is 17.2 Å². The van der Waals surface area contributed by atoms with Crippen molar-refractivity contribution in [2.24, 2.45) is 0 Å². The van der Waals surface area contributed by atoms with E-state index in [0.29, 0.717) is 22.9 Å². The van der Waals surface area contributed by atoms with Crippen molar-refractivity contribution in [2.45, 2.75) is 20.3 Å². The Hall–Kier alpha value is -3.15. The second-order valence-corrected chi connectivity index (χ2v) is 6.42. The maximum absolute atomic E-state index is 12.7. The molecule has 142 valence electrons. The minimum Gasteiger partial charge on any atom is -0.493 e. The molecule has 1 amide bonds. The van der Waals surface area contributed by atoms with Crippen LogP contribution in [-0.2, 0) is 11.2 Å². The van der Waals surface area contributed by atoms with Gasteiger partial charge in [0.2, 0.25) is 11.7 Å². The van der Waals surface area contributed by atoms with E-state index in [4.69, 9.17) is 14.2 Å². The van der Waals surface area contributed by atoms with E-state index in [1.165, 1.54) is 0 Å². The van der Waals surface area contributed by atoms with E-state index in [1.807, 2.05) is 19.9 Å². The number of aromatic amines is 1. The first-order chi connectivity index (χ1) is 13.0. The number of amides is 1. The van der Waals surface area contributed by atoms with E-state index in [2.05, 4.69) is 22.4 Å². The summed E-state index contributed by atoms with van der Waals surface area (Å²) in [6.07, 6.45) is 0.270. The lowest BCUT2D eigenvalue weighted by atomic mass is 10.1. The van der Waals surface area contributed by atoms with Crippen LogP contribution in [0.15, 0.2) is 30.3 Å². The Morgan fingerprint density at radius 3 is 2.26 bits per heavy atom. The molecule has 0 unspecified atom stereocenters. The van der Waals surface area contributed by atoms with Crippen molar-refractivity contribution in [3.63, 3.8) is 0 Å². The largest absolute Gasteiger partial charge is 0.493 e. The molecule has 1 heterocycles. The minimum atomic E-state index is -0.116. The molecule has 27 heavy (non-hydrogen) atoms. The number of methoxy groups -OCH3 is 3. The van der Waals surface area contributed by atoms with Crippen LogP contribution in [0, 0.1) is 13.8 Å². The highest BCUT2D eigenvalue weighted by molar-refractivity contribution is 5.97. The number of rotatable bonds is 6.